The standard InChI is InChI=1S/C18H19ClF3N3OS/c1-3-25(4-2)14-7-5-13(6-8-14)24-16(26)11-27-17-15(19)9-12(10-23-17)18(20,21)22/h5-10H,3-4,11H2,1-2H3,(H,24,26). The topological polar surface area (TPSA) is 45.2 Å². The molecule has 2 aromatic rings. The predicted octanol–water partition coefficient (Wildman–Crippen LogP) is 5.33. The molecule has 0 atom stereocenters. The van der Waals surface area contributed by atoms with Gasteiger partial charge in [-0.3, -0.25) is 4.79 Å². The fraction of sp³-hybridized carbons (Fsp3) is 0.333. The Morgan fingerprint density at radius 2 is 1.85 bits per heavy atom. The maximum Gasteiger partial charge on any atom is 0.417 e. The number of carbonyl (C=O) groups excluding carboxylic acids is 1. The highest BCUT2D eigenvalue weighted by Gasteiger charge is 2.31. The molecule has 4 nitrogen and oxygen atoms in total. The van der Waals surface area contributed by atoms with Crippen LogP contribution in [0.2, 0.25) is 5.02 Å². The largest absolute Gasteiger partial charge is 0.417 e. The van der Waals surface area contributed by atoms with Crippen LogP contribution in [0.3, 0.4) is 0 Å². The van der Waals surface area contributed by atoms with Crippen LogP contribution < -0.4 is 10.2 Å². The quantitative estimate of drug-likeness (QED) is 0.618. The van der Waals surface area contributed by atoms with Crippen molar-refractivity contribution in [1.82, 2.24) is 4.98 Å². The Morgan fingerprint density at radius 1 is 1.22 bits per heavy atom. The molecule has 146 valence electrons. The van der Waals surface area contributed by atoms with Crippen LogP contribution in [0.25, 0.3) is 0 Å². The Hall–Kier alpha value is -1.93. The third-order valence-electron chi connectivity index (χ3n) is 3.75. The first kappa shape index (κ1) is 21.4. The van der Waals surface area contributed by atoms with Gasteiger partial charge in [0.05, 0.1) is 16.3 Å². The predicted molar refractivity (Wildman–Crippen MR) is 104 cm³/mol. The first-order valence-electron chi connectivity index (χ1n) is 8.25. The molecule has 0 aliphatic rings. The van der Waals surface area contributed by atoms with Gasteiger partial charge in [0.25, 0.3) is 0 Å². The number of benzene rings is 1. The number of rotatable bonds is 7. The second-order valence-electron chi connectivity index (χ2n) is 5.56. The molecule has 1 aromatic heterocycles. The third kappa shape index (κ3) is 6.04. The normalized spacial score (nSPS) is 11.3. The van der Waals surface area contributed by atoms with Crippen molar-refractivity contribution >= 4 is 40.6 Å². The van der Waals surface area contributed by atoms with E-state index >= 15 is 0 Å². The van der Waals surface area contributed by atoms with Crippen molar-refractivity contribution in [1.29, 1.82) is 0 Å². The van der Waals surface area contributed by atoms with E-state index in [1.807, 2.05) is 12.1 Å². The molecule has 0 bridgehead atoms. The zero-order valence-corrected chi connectivity index (χ0v) is 16.4. The molecular formula is C18H19ClF3N3OS. The van der Waals surface area contributed by atoms with Crippen LogP contribution in [0.4, 0.5) is 24.5 Å². The molecule has 1 amide bonds. The van der Waals surface area contributed by atoms with E-state index in [4.69, 9.17) is 11.6 Å². The zero-order chi connectivity index (χ0) is 20.0. The number of halogens is 4. The number of hydrogen-bond donors (Lipinski definition) is 1. The Kier molecular flexibility index (Phi) is 7.38. The van der Waals surface area contributed by atoms with Crippen LogP contribution in [0.1, 0.15) is 19.4 Å². The molecule has 0 spiro atoms. The van der Waals surface area contributed by atoms with Gasteiger partial charge in [0.15, 0.2) is 0 Å². The van der Waals surface area contributed by atoms with Crippen LogP contribution in [0.5, 0.6) is 0 Å². The van der Waals surface area contributed by atoms with Crippen molar-refractivity contribution < 1.29 is 18.0 Å². The molecule has 1 heterocycles. The summed E-state index contributed by atoms with van der Waals surface area (Å²) in [7, 11) is 0. The van der Waals surface area contributed by atoms with Crippen LogP contribution in [0.15, 0.2) is 41.6 Å². The maximum atomic E-state index is 12.6. The van der Waals surface area contributed by atoms with Crippen molar-refractivity contribution in [3.05, 3.63) is 47.1 Å². The molecule has 0 aliphatic heterocycles. The lowest BCUT2D eigenvalue weighted by Gasteiger charge is -2.21. The maximum absolute atomic E-state index is 12.6. The van der Waals surface area contributed by atoms with Crippen molar-refractivity contribution in [3.63, 3.8) is 0 Å². The fourth-order valence-electron chi connectivity index (χ4n) is 2.36. The number of amides is 1. The van der Waals surface area contributed by atoms with Gasteiger partial charge in [-0.15, -0.1) is 0 Å². The Labute approximate surface area is 165 Å². The second kappa shape index (κ2) is 9.32. The minimum atomic E-state index is -4.51. The summed E-state index contributed by atoms with van der Waals surface area (Å²) in [5, 5.41) is 2.78. The summed E-state index contributed by atoms with van der Waals surface area (Å²) in [4.78, 5) is 17.9. The van der Waals surface area contributed by atoms with Gasteiger partial charge in [0, 0.05) is 30.7 Å². The first-order chi connectivity index (χ1) is 12.7. The molecule has 0 saturated carbocycles. The summed E-state index contributed by atoms with van der Waals surface area (Å²) in [6.07, 6.45) is -3.80. The molecular weight excluding hydrogens is 399 g/mol. The second-order valence-corrected chi connectivity index (χ2v) is 6.94. The fourth-order valence-corrected chi connectivity index (χ4v) is 3.36. The van der Waals surface area contributed by atoms with Crippen LogP contribution >= 0.6 is 23.4 Å². The molecule has 0 unspecified atom stereocenters. The van der Waals surface area contributed by atoms with Crippen molar-refractivity contribution in [2.24, 2.45) is 0 Å². The molecule has 27 heavy (non-hydrogen) atoms. The minimum absolute atomic E-state index is 0.0180. The average molecular weight is 418 g/mol. The van der Waals surface area contributed by atoms with Gasteiger partial charge >= 0.3 is 6.18 Å². The third-order valence-corrected chi connectivity index (χ3v) is 5.16. The lowest BCUT2D eigenvalue weighted by molar-refractivity contribution is -0.137. The molecule has 1 N–H and O–H groups in total. The number of thioether (sulfide) groups is 1. The summed E-state index contributed by atoms with van der Waals surface area (Å²) in [5.41, 5.74) is 0.783. The Bertz CT molecular complexity index is 780. The first-order valence-corrected chi connectivity index (χ1v) is 9.61. The molecule has 0 fully saturated rings. The number of nitrogens with zero attached hydrogens (tertiary/aromatic N) is 2. The lowest BCUT2D eigenvalue weighted by atomic mass is 10.2. The molecule has 1 aromatic carbocycles. The number of alkyl halides is 3. The summed E-state index contributed by atoms with van der Waals surface area (Å²) in [6.45, 7) is 5.91. The van der Waals surface area contributed by atoms with E-state index in [1.54, 1.807) is 12.1 Å². The average Bonchev–Trinajstić information content (AvgIpc) is 2.62. The van der Waals surface area contributed by atoms with Gasteiger partial charge in [-0.1, -0.05) is 23.4 Å². The smallest absolute Gasteiger partial charge is 0.372 e. The van der Waals surface area contributed by atoms with E-state index in [1.165, 1.54) is 0 Å². The highest BCUT2D eigenvalue weighted by molar-refractivity contribution is 8.00. The summed E-state index contributed by atoms with van der Waals surface area (Å²) < 4.78 is 37.8. The van der Waals surface area contributed by atoms with Crippen LogP contribution in [-0.2, 0) is 11.0 Å². The SMILES string of the molecule is CCN(CC)c1ccc(NC(=O)CSc2ncc(C(F)(F)F)cc2Cl)cc1. The number of anilines is 2. The van der Waals surface area contributed by atoms with E-state index in [-0.39, 0.29) is 21.7 Å². The molecule has 9 heteroatoms. The van der Waals surface area contributed by atoms with Crippen LogP contribution in [0, 0.1) is 0 Å². The van der Waals surface area contributed by atoms with E-state index in [0.29, 0.717) is 11.9 Å². The minimum Gasteiger partial charge on any atom is -0.372 e. The Morgan fingerprint density at radius 3 is 2.37 bits per heavy atom. The zero-order valence-electron chi connectivity index (χ0n) is 14.8. The van der Waals surface area contributed by atoms with E-state index in [2.05, 4.69) is 29.0 Å². The summed E-state index contributed by atoms with van der Waals surface area (Å²) in [6, 6.07) is 8.26. The number of aromatic nitrogens is 1. The number of pyridine rings is 1. The highest BCUT2D eigenvalue weighted by Crippen LogP contribution is 2.33. The molecule has 0 saturated heterocycles. The number of hydrogen-bond acceptors (Lipinski definition) is 4. The number of nitrogens with one attached hydrogen (secondary N) is 1. The summed E-state index contributed by atoms with van der Waals surface area (Å²) >= 11 is 6.81. The number of carbonyl (C=O) groups is 1. The molecule has 0 aliphatic carbocycles. The molecule has 0 radical (unpaired) electrons. The van der Waals surface area contributed by atoms with Gasteiger partial charge in [0.2, 0.25) is 5.91 Å². The Balaban J connectivity index is 1.93. The molecule has 2 rings (SSSR count). The van der Waals surface area contributed by atoms with Crippen molar-refractivity contribution in [2.75, 3.05) is 29.1 Å². The highest BCUT2D eigenvalue weighted by atomic mass is 35.5. The monoisotopic (exact) mass is 417 g/mol. The van der Waals surface area contributed by atoms with Crippen molar-refractivity contribution in [3.8, 4) is 0 Å². The van der Waals surface area contributed by atoms with Gasteiger partial charge < -0.3 is 10.2 Å². The van der Waals surface area contributed by atoms with Gasteiger partial charge in [-0.05, 0) is 44.2 Å². The van der Waals surface area contributed by atoms with Gasteiger partial charge in [-0.2, -0.15) is 13.2 Å². The summed E-state index contributed by atoms with van der Waals surface area (Å²) in [5.74, 6) is -0.316. The lowest BCUT2D eigenvalue weighted by Crippen LogP contribution is -2.21. The van der Waals surface area contributed by atoms with Crippen LogP contribution in [-0.4, -0.2) is 29.7 Å². The van der Waals surface area contributed by atoms with Gasteiger partial charge in [0.1, 0.15) is 5.03 Å². The van der Waals surface area contributed by atoms with Crippen molar-refractivity contribution in [2.45, 2.75) is 25.0 Å². The van der Waals surface area contributed by atoms with E-state index < -0.39 is 11.7 Å². The van der Waals surface area contributed by atoms with E-state index in [0.717, 1.165) is 36.6 Å². The van der Waals surface area contributed by atoms with Gasteiger partial charge in [-0.25, -0.2) is 4.98 Å². The van der Waals surface area contributed by atoms with E-state index in [9.17, 15) is 18.0 Å².